The van der Waals surface area contributed by atoms with Crippen molar-refractivity contribution >= 4 is 11.5 Å². The van der Waals surface area contributed by atoms with Crippen LogP contribution in [0.15, 0.2) is 36.4 Å². The third kappa shape index (κ3) is 3.43. The van der Waals surface area contributed by atoms with Crippen LogP contribution < -0.4 is 5.32 Å². The number of halogens is 5. The Morgan fingerprint density at radius 1 is 1.00 bits per heavy atom. The van der Waals surface area contributed by atoms with Gasteiger partial charge in [0, 0.05) is 17.7 Å². The maximum Gasteiger partial charge on any atom is 0.431 e. The highest BCUT2D eigenvalue weighted by Crippen LogP contribution is 2.37. The molecule has 4 rings (SSSR count). The van der Waals surface area contributed by atoms with E-state index in [0.717, 1.165) is 48.6 Å². The second-order valence-corrected chi connectivity index (χ2v) is 7.01. The third-order valence-corrected chi connectivity index (χ3v) is 5.07. The molecule has 0 atom stereocenters. The van der Waals surface area contributed by atoms with Gasteiger partial charge in [0.25, 0.3) is 0 Å². The standard InChI is InChI=1S/C20H18F5N3/c21-12-9-10-14(15(22)11-12)18-19(26-13-5-2-1-3-6-13)28-16(20(23,24)25)7-4-8-17(28)27-18/h4,7-11,13,26H,1-3,5-6H2. The number of imidazole rings is 1. The normalized spacial score (nSPS) is 15.9. The van der Waals surface area contributed by atoms with Crippen molar-refractivity contribution in [3.8, 4) is 11.3 Å². The monoisotopic (exact) mass is 395 g/mol. The van der Waals surface area contributed by atoms with Crippen LogP contribution in [0.5, 0.6) is 0 Å². The largest absolute Gasteiger partial charge is 0.431 e. The molecule has 1 aliphatic rings. The minimum absolute atomic E-state index is 0.0304. The average Bonchev–Trinajstić information content (AvgIpc) is 3.00. The highest BCUT2D eigenvalue weighted by molar-refractivity contribution is 5.77. The lowest BCUT2D eigenvalue weighted by atomic mass is 9.95. The summed E-state index contributed by atoms with van der Waals surface area (Å²) in [5.74, 6) is -1.55. The van der Waals surface area contributed by atoms with Crippen molar-refractivity contribution in [3.63, 3.8) is 0 Å². The first-order valence-corrected chi connectivity index (χ1v) is 9.15. The summed E-state index contributed by atoms with van der Waals surface area (Å²) in [6, 6.07) is 6.60. The molecule has 1 aliphatic carbocycles. The summed E-state index contributed by atoms with van der Waals surface area (Å²) in [5, 5.41) is 3.17. The zero-order valence-electron chi connectivity index (χ0n) is 14.9. The highest BCUT2D eigenvalue weighted by Gasteiger charge is 2.35. The zero-order chi connectivity index (χ0) is 19.9. The van der Waals surface area contributed by atoms with Crippen LogP contribution in [0.3, 0.4) is 0 Å². The first kappa shape index (κ1) is 18.7. The van der Waals surface area contributed by atoms with Crippen LogP contribution in [0.1, 0.15) is 37.8 Å². The van der Waals surface area contributed by atoms with E-state index in [0.29, 0.717) is 6.07 Å². The fourth-order valence-corrected chi connectivity index (χ4v) is 3.76. The Hall–Kier alpha value is -2.64. The van der Waals surface area contributed by atoms with E-state index in [-0.39, 0.29) is 28.8 Å². The molecule has 0 bridgehead atoms. The van der Waals surface area contributed by atoms with Crippen LogP contribution in [0, 0.1) is 11.6 Å². The Balaban J connectivity index is 1.94. The molecular weight excluding hydrogens is 377 g/mol. The number of benzene rings is 1. The van der Waals surface area contributed by atoms with Crippen molar-refractivity contribution in [3.05, 3.63) is 53.7 Å². The van der Waals surface area contributed by atoms with E-state index in [4.69, 9.17) is 0 Å². The number of fused-ring (bicyclic) bond motifs is 1. The van der Waals surface area contributed by atoms with Crippen molar-refractivity contribution in [1.82, 2.24) is 9.38 Å². The molecule has 1 N–H and O–H groups in total. The molecule has 3 nitrogen and oxygen atoms in total. The molecule has 3 aromatic rings. The van der Waals surface area contributed by atoms with E-state index in [1.54, 1.807) is 0 Å². The highest BCUT2D eigenvalue weighted by atomic mass is 19.4. The second kappa shape index (κ2) is 7.07. The van der Waals surface area contributed by atoms with Gasteiger partial charge in [-0.2, -0.15) is 13.2 Å². The smallest absolute Gasteiger partial charge is 0.367 e. The predicted octanol–water partition coefficient (Wildman–Crippen LogP) is 6.04. The summed E-state index contributed by atoms with van der Waals surface area (Å²) in [4.78, 5) is 4.25. The number of pyridine rings is 1. The zero-order valence-corrected chi connectivity index (χ0v) is 14.9. The third-order valence-electron chi connectivity index (χ3n) is 5.07. The maximum atomic E-state index is 14.4. The van der Waals surface area contributed by atoms with Crippen molar-refractivity contribution in [2.24, 2.45) is 0 Å². The SMILES string of the molecule is Fc1ccc(-c2nc3cccc(C(F)(F)F)n3c2NC2CCCCC2)c(F)c1. The van der Waals surface area contributed by atoms with Gasteiger partial charge in [-0.15, -0.1) is 0 Å². The molecule has 28 heavy (non-hydrogen) atoms. The molecule has 148 valence electrons. The van der Waals surface area contributed by atoms with Gasteiger partial charge in [-0.1, -0.05) is 25.3 Å². The van der Waals surface area contributed by atoms with E-state index in [9.17, 15) is 22.0 Å². The molecule has 2 aromatic heterocycles. The molecule has 1 saturated carbocycles. The molecule has 0 unspecified atom stereocenters. The minimum atomic E-state index is -4.61. The van der Waals surface area contributed by atoms with Gasteiger partial charge >= 0.3 is 6.18 Å². The molecule has 0 aliphatic heterocycles. The van der Waals surface area contributed by atoms with Crippen LogP contribution in [0.4, 0.5) is 27.8 Å². The van der Waals surface area contributed by atoms with Crippen LogP contribution in [-0.4, -0.2) is 15.4 Å². The quantitative estimate of drug-likeness (QED) is 0.548. The summed E-state index contributed by atoms with van der Waals surface area (Å²) >= 11 is 0. The van der Waals surface area contributed by atoms with Crippen molar-refractivity contribution < 1.29 is 22.0 Å². The lowest BCUT2D eigenvalue weighted by Crippen LogP contribution is -2.24. The summed E-state index contributed by atoms with van der Waals surface area (Å²) < 4.78 is 69.6. The molecular formula is C20H18F5N3. The van der Waals surface area contributed by atoms with Gasteiger partial charge in [0.15, 0.2) is 0 Å². The molecule has 0 amide bonds. The number of rotatable bonds is 3. The number of nitrogens with one attached hydrogen (secondary N) is 1. The van der Waals surface area contributed by atoms with Crippen molar-refractivity contribution in [2.45, 2.75) is 44.3 Å². The van der Waals surface area contributed by atoms with E-state index in [1.165, 1.54) is 18.2 Å². The van der Waals surface area contributed by atoms with Crippen LogP contribution in [-0.2, 0) is 6.18 Å². The van der Waals surface area contributed by atoms with Crippen molar-refractivity contribution in [2.75, 3.05) is 5.32 Å². The number of hydrogen-bond acceptors (Lipinski definition) is 2. The Labute approximate surface area is 158 Å². The van der Waals surface area contributed by atoms with Crippen LogP contribution in [0.25, 0.3) is 16.9 Å². The van der Waals surface area contributed by atoms with Gasteiger partial charge < -0.3 is 5.32 Å². The number of alkyl halides is 3. The topological polar surface area (TPSA) is 29.3 Å². The summed E-state index contributed by atoms with van der Waals surface area (Å²) in [6.45, 7) is 0. The number of hydrogen-bond donors (Lipinski definition) is 1. The van der Waals surface area contributed by atoms with E-state index >= 15 is 0 Å². The van der Waals surface area contributed by atoms with Gasteiger partial charge in [0.1, 0.15) is 34.5 Å². The molecule has 0 radical (unpaired) electrons. The maximum absolute atomic E-state index is 14.4. The summed E-state index contributed by atoms with van der Waals surface area (Å²) in [5.41, 5.74) is -0.854. The fraction of sp³-hybridized carbons (Fsp3) is 0.350. The minimum Gasteiger partial charge on any atom is -0.367 e. The predicted molar refractivity (Wildman–Crippen MR) is 96.0 cm³/mol. The van der Waals surface area contributed by atoms with Gasteiger partial charge in [0.05, 0.1) is 0 Å². The lowest BCUT2D eigenvalue weighted by Gasteiger charge is -2.25. The van der Waals surface area contributed by atoms with Crippen LogP contribution in [0.2, 0.25) is 0 Å². The summed E-state index contributed by atoms with van der Waals surface area (Å²) in [7, 11) is 0. The number of anilines is 1. The molecule has 1 fully saturated rings. The lowest BCUT2D eigenvalue weighted by molar-refractivity contribution is -0.141. The van der Waals surface area contributed by atoms with E-state index < -0.39 is 23.5 Å². The van der Waals surface area contributed by atoms with Gasteiger partial charge in [-0.05, 0) is 37.1 Å². The molecule has 2 heterocycles. The van der Waals surface area contributed by atoms with Crippen LogP contribution >= 0.6 is 0 Å². The van der Waals surface area contributed by atoms with Crippen molar-refractivity contribution in [1.29, 1.82) is 0 Å². The number of aromatic nitrogens is 2. The van der Waals surface area contributed by atoms with E-state index in [2.05, 4.69) is 10.3 Å². The van der Waals surface area contributed by atoms with E-state index in [1.807, 2.05) is 0 Å². The van der Waals surface area contributed by atoms with Gasteiger partial charge in [0.2, 0.25) is 0 Å². The molecule has 8 heteroatoms. The Morgan fingerprint density at radius 3 is 2.43 bits per heavy atom. The Bertz CT molecular complexity index is 1000. The fourth-order valence-electron chi connectivity index (χ4n) is 3.76. The first-order valence-electron chi connectivity index (χ1n) is 9.15. The summed E-state index contributed by atoms with van der Waals surface area (Å²) in [6.07, 6.45) is 0.0431. The Kier molecular flexibility index (Phi) is 4.72. The molecule has 0 saturated heterocycles. The molecule has 0 spiro atoms. The molecule has 1 aromatic carbocycles. The number of nitrogens with zero attached hydrogens (tertiary/aromatic N) is 2. The first-order chi connectivity index (χ1) is 13.3. The average molecular weight is 395 g/mol. The Morgan fingerprint density at radius 2 is 1.75 bits per heavy atom. The van der Waals surface area contributed by atoms with Gasteiger partial charge in [-0.3, -0.25) is 4.40 Å². The van der Waals surface area contributed by atoms with Gasteiger partial charge in [-0.25, -0.2) is 13.8 Å². The second-order valence-electron chi connectivity index (χ2n) is 7.01.